The van der Waals surface area contributed by atoms with Crippen LogP contribution in [0.25, 0.3) is 0 Å². The van der Waals surface area contributed by atoms with E-state index in [9.17, 15) is 4.79 Å². The van der Waals surface area contributed by atoms with E-state index in [2.05, 4.69) is 11.9 Å². The van der Waals surface area contributed by atoms with Crippen molar-refractivity contribution in [2.75, 3.05) is 12.8 Å². The quantitative estimate of drug-likeness (QED) is 0.908. The van der Waals surface area contributed by atoms with Gasteiger partial charge in [-0.2, -0.15) is 0 Å². The van der Waals surface area contributed by atoms with Gasteiger partial charge >= 0.3 is 0 Å². The van der Waals surface area contributed by atoms with Crippen molar-refractivity contribution in [1.82, 2.24) is 9.88 Å². The number of amides is 1. The number of hydrogen-bond acceptors (Lipinski definition) is 3. The van der Waals surface area contributed by atoms with E-state index >= 15 is 0 Å². The number of nitrogens with zero attached hydrogens (tertiary/aromatic N) is 2. The molecule has 1 aliphatic rings. The Morgan fingerprint density at radius 1 is 1.37 bits per heavy atom. The lowest BCUT2D eigenvalue weighted by Gasteiger charge is -2.36. The van der Waals surface area contributed by atoms with Gasteiger partial charge in [0.15, 0.2) is 0 Å². The van der Waals surface area contributed by atoms with Gasteiger partial charge in [-0.25, -0.2) is 4.98 Å². The number of carbonyl (C=O) groups excluding carboxylic acids is 1. The van der Waals surface area contributed by atoms with Crippen LogP contribution in [-0.4, -0.2) is 28.9 Å². The van der Waals surface area contributed by atoms with E-state index in [0.717, 1.165) is 6.42 Å². The van der Waals surface area contributed by atoms with E-state index in [4.69, 9.17) is 5.73 Å². The highest BCUT2D eigenvalue weighted by Crippen LogP contribution is 2.28. The van der Waals surface area contributed by atoms with Crippen LogP contribution >= 0.6 is 12.4 Å². The van der Waals surface area contributed by atoms with Crippen LogP contribution in [0.15, 0.2) is 18.3 Å². The van der Waals surface area contributed by atoms with Gasteiger partial charge in [0.2, 0.25) is 0 Å². The number of nitrogens with two attached hydrogens (primary N) is 1. The third-order valence-corrected chi connectivity index (χ3v) is 3.89. The number of carbonyl (C=O) groups is 1. The van der Waals surface area contributed by atoms with Crippen LogP contribution in [0.2, 0.25) is 0 Å². The molecule has 1 amide bonds. The second-order valence-corrected chi connectivity index (χ2v) is 5.22. The lowest BCUT2D eigenvalue weighted by Crippen LogP contribution is -2.42. The summed E-state index contributed by atoms with van der Waals surface area (Å²) in [6, 6.07) is 3.76. The molecule has 1 heterocycles. The van der Waals surface area contributed by atoms with E-state index < -0.39 is 0 Å². The van der Waals surface area contributed by atoms with E-state index in [0.29, 0.717) is 23.3 Å². The summed E-state index contributed by atoms with van der Waals surface area (Å²) in [5.41, 5.74) is 6.64. The molecule has 4 nitrogen and oxygen atoms in total. The molecule has 5 heteroatoms. The second-order valence-electron chi connectivity index (χ2n) is 5.22. The Labute approximate surface area is 120 Å². The molecule has 0 aromatic carbocycles. The average molecular weight is 284 g/mol. The maximum atomic E-state index is 12.3. The van der Waals surface area contributed by atoms with Crippen molar-refractivity contribution in [2.45, 2.75) is 38.6 Å². The van der Waals surface area contributed by atoms with Crippen molar-refractivity contribution < 1.29 is 4.79 Å². The standard InChI is InChI=1S/C14H21N3O.ClH/c1-10-5-3-4-6-13(10)17(2)14(18)12-8-7-11(15)9-16-12;/h7-10,13H,3-6,15H2,1-2H3;1H. The molecule has 2 rings (SSSR count). The summed E-state index contributed by atoms with van der Waals surface area (Å²) in [5.74, 6) is 0.565. The van der Waals surface area contributed by atoms with Crippen molar-refractivity contribution in [3.05, 3.63) is 24.0 Å². The zero-order valence-corrected chi connectivity index (χ0v) is 12.3. The minimum absolute atomic E-state index is 0. The van der Waals surface area contributed by atoms with Crippen LogP contribution in [0.3, 0.4) is 0 Å². The van der Waals surface area contributed by atoms with E-state index in [-0.39, 0.29) is 18.3 Å². The fourth-order valence-electron chi connectivity index (χ4n) is 2.74. The first kappa shape index (κ1) is 15.8. The van der Waals surface area contributed by atoms with Crippen LogP contribution < -0.4 is 5.73 Å². The predicted octanol–water partition coefficient (Wildman–Crippen LogP) is 2.74. The van der Waals surface area contributed by atoms with Gasteiger partial charge in [-0.1, -0.05) is 19.8 Å². The van der Waals surface area contributed by atoms with Gasteiger partial charge in [0, 0.05) is 13.1 Å². The molecule has 2 unspecified atom stereocenters. The third-order valence-electron chi connectivity index (χ3n) is 3.89. The van der Waals surface area contributed by atoms with E-state index in [1.807, 2.05) is 11.9 Å². The molecule has 1 aliphatic carbocycles. The molecule has 1 fully saturated rings. The highest BCUT2D eigenvalue weighted by atomic mass is 35.5. The smallest absolute Gasteiger partial charge is 0.272 e. The van der Waals surface area contributed by atoms with Gasteiger partial charge in [-0.05, 0) is 30.9 Å². The highest BCUT2D eigenvalue weighted by Gasteiger charge is 2.28. The molecule has 0 bridgehead atoms. The maximum absolute atomic E-state index is 12.3. The molecule has 19 heavy (non-hydrogen) atoms. The molecule has 1 aromatic heterocycles. The second kappa shape index (κ2) is 6.75. The Morgan fingerprint density at radius 2 is 2.05 bits per heavy atom. The largest absolute Gasteiger partial charge is 0.397 e. The molecule has 0 spiro atoms. The summed E-state index contributed by atoms with van der Waals surface area (Å²) in [6.45, 7) is 2.23. The van der Waals surface area contributed by atoms with Crippen LogP contribution in [0.1, 0.15) is 43.1 Å². The lowest BCUT2D eigenvalue weighted by molar-refractivity contribution is 0.0623. The number of anilines is 1. The maximum Gasteiger partial charge on any atom is 0.272 e. The van der Waals surface area contributed by atoms with E-state index in [1.54, 1.807) is 12.1 Å². The van der Waals surface area contributed by atoms with Crippen molar-refractivity contribution >= 4 is 24.0 Å². The Hall–Kier alpha value is -1.29. The van der Waals surface area contributed by atoms with E-state index in [1.165, 1.54) is 25.5 Å². The average Bonchev–Trinajstić information content (AvgIpc) is 2.38. The normalized spacial score (nSPS) is 22.4. The van der Waals surface area contributed by atoms with Gasteiger partial charge in [0.05, 0.1) is 11.9 Å². The topological polar surface area (TPSA) is 59.2 Å². The molecule has 1 aromatic rings. The highest BCUT2D eigenvalue weighted by molar-refractivity contribution is 5.92. The number of rotatable bonds is 2. The molecule has 1 saturated carbocycles. The molecular weight excluding hydrogens is 262 g/mol. The van der Waals surface area contributed by atoms with Gasteiger partial charge in [0.1, 0.15) is 5.69 Å². The van der Waals surface area contributed by atoms with Crippen molar-refractivity contribution in [3.8, 4) is 0 Å². The number of pyridine rings is 1. The van der Waals surface area contributed by atoms with Gasteiger partial charge in [-0.15, -0.1) is 12.4 Å². The first-order valence-electron chi connectivity index (χ1n) is 6.58. The minimum atomic E-state index is -0.00579. The SMILES string of the molecule is CC1CCCCC1N(C)C(=O)c1ccc(N)cn1.Cl. The summed E-state index contributed by atoms with van der Waals surface area (Å²) in [7, 11) is 1.88. The molecule has 2 N–H and O–H groups in total. The van der Waals surface area contributed by atoms with Crippen molar-refractivity contribution in [2.24, 2.45) is 5.92 Å². The first-order valence-corrected chi connectivity index (χ1v) is 6.58. The molecule has 0 radical (unpaired) electrons. The zero-order valence-electron chi connectivity index (χ0n) is 11.5. The fraction of sp³-hybridized carbons (Fsp3) is 0.571. The minimum Gasteiger partial charge on any atom is -0.397 e. The molecular formula is C14H22ClN3O. The summed E-state index contributed by atoms with van der Waals surface area (Å²) in [6.07, 6.45) is 6.32. The lowest BCUT2D eigenvalue weighted by atomic mass is 9.85. The monoisotopic (exact) mass is 283 g/mol. The molecule has 0 aliphatic heterocycles. The van der Waals surface area contributed by atoms with Crippen LogP contribution in [0, 0.1) is 5.92 Å². The van der Waals surface area contributed by atoms with Crippen LogP contribution in [0.5, 0.6) is 0 Å². The Balaban J connectivity index is 0.00000180. The zero-order chi connectivity index (χ0) is 13.1. The van der Waals surface area contributed by atoms with Crippen LogP contribution in [0.4, 0.5) is 5.69 Å². The van der Waals surface area contributed by atoms with Crippen molar-refractivity contribution in [1.29, 1.82) is 0 Å². The summed E-state index contributed by atoms with van der Waals surface area (Å²) in [4.78, 5) is 18.3. The summed E-state index contributed by atoms with van der Waals surface area (Å²) in [5, 5.41) is 0. The molecule has 0 saturated heterocycles. The summed E-state index contributed by atoms with van der Waals surface area (Å²) >= 11 is 0. The molecule has 106 valence electrons. The molecule has 2 atom stereocenters. The third kappa shape index (κ3) is 3.60. The van der Waals surface area contributed by atoms with Crippen LogP contribution in [-0.2, 0) is 0 Å². The number of hydrogen-bond donors (Lipinski definition) is 1. The Morgan fingerprint density at radius 3 is 2.63 bits per heavy atom. The van der Waals surface area contributed by atoms with Gasteiger partial charge in [0.25, 0.3) is 5.91 Å². The number of aromatic nitrogens is 1. The first-order chi connectivity index (χ1) is 8.59. The van der Waals surface area contributed by atoms with Gasteiger partial charge < -0.3 is 10.6 Å². The van der Waals surface area contributed by atoms with Crippen molar-refractivity contribution in [3.63, 3.8) is 0 Å². The Bertz CT molecular complexity index is 421. The predicted molar refractivity (Wildman–Crippen MR) is 79.4 cm³/mol. The number of halogens is 1. The Kier molecular flexibility index (Phi) is 5.60. The summed E-state index contributed by atoms with van der Waals surface area (Å²) < 4.78 is 0. The fourth-order valence-corrected chi connectivity index (χ4v) is 2.74. The number of nitrogen functional groups attached to an aromatic ring is 1. The van der Waals surface area contributed by atoms with Gasteiger partial charge in [-0.3, -0.25) is 4.79 Å².